The van der Waals surface area contributed by atoms with E-state index in [0.717, 1.165) is 9.87 Å². The number of carbonyl (C=O) groups excluding carboxylic acids is 1. The second-order valence-electron chi connectivity index (χ2n) is 5.23. The maximum atomic E-state index is 12.7. The summed E-state index contributed by atoms with van der Waals surface area (Å²) in [6, 6.07) is 15.3. The lowest BCUT2D eigenvalue weighted by atomic mass is 10.1. The molecule has 0 radical (unpaired) electrons. The van der Waals surface area contributed by atoms with E-state index in [1.165, 1.54) is 32.5 Å². The van der Waals surface area contributed by atoms with Gasteiger partial charge in [0.25, 0.3) is 10.0 Å². The number of benzene rings is 2. The second-order valence-corrected chi connectivity index (χ2v) is 7.23. The van der Waals surface area contributed by atoms with Crippen molar-refractivity contribution >= 4 is 21.6 Å². The molecule has 0 heterocycles. The number of methoxy groups -OCH3 is 1. The van der Waals surface area contributed by atoms with Crippen molar-refractivity contribution in [1.82, 2.24) is 4.31 Å². The number of rotatable bonds is 5. The average molecular weight is 345 g/mol. The number of aryl methyl sites for hydroxylation is 1. The highest BCUT2D eigenvalue weighted by molar-refractivity contribution is 7.89. The molecule has 0 saturated carbocycles. The standard InChI is InChI=1S/C18H19NO4S/c1-14-9-11-16(12-10-14)24(21,22)19(2)13-17(18(20)23-3)15-7-5-4-6-8-15/h4-13H,1-3H3/b17-13-. The summed E-state index contributed by atoms with van der Waals surface area (Å²) in [7, 11) is -1.10. The molecule has 0 N–H and O–H groups in total. The van der Waals surface area contributed by atoms with Crippen LogP contribution in [0.15, 0.2) is 65.7 Å². The van der Waals surface area contributed by atoms with Crippen molar-refractivity contribution in [2.75, 3.05) is 14.2 Å². The highest BCUT2D eigenvalue weighted by atomic mass is 32.2. The summed E-state index contributed by atoms with van der Waals surface area (Å²) in [6.07, 6.45) is 1.27. The van der Waals surface area contributed by atoms with E-state index in [4.69, 9.17) is 4.74 Å². The summed E-state index contributed by atoms with van der Waals surface area (Å²) >= 11 is 0. The number of ether oxygens (including phenoxy) is 1. The van der Waals surface area contributed by atoms with Gasteiger partial charge in [-0.1, -0.05) is 48.0 Å². The highest BCUT2D eigenvalue weighted by Crippen LogP contribution is 2.21. The van der Waals surface area contributed by atoms with E-state index >= 15 is 0 Å². The monoisotopic (exact) mass is 345 g/mol. The SMILES string of the molecule is COC(=O)/C(=C\N(C)S(=O)(=O)c1ccc(C)cc1)c1ccccc1. The summed E-state index contributed by atoms with van der Waals surface area (Å²) in [5.41, 5.74) is 1.71. The minimum atomic E-state index is -3.75. The first-order valence-electron chi connectivity index (χ1n) is 7.26. The Hall–Kier alpha value is -2.60. The molecular weight excluding hydrogens is 326 g/mol. The fourth-order valence-corrected chi connectivity index (χ4v) is 3.16. The summed E-state index contributed by atoms with van der Waals surface area (Å²) in [5.74, 6) is -0.604. The third-order valence-electron chi connectivity index (χ3n) is 3.50. The molecule has 0 saturated heterocycles. The molecule has 126 valence electrons. The summed E-state index contributed by atoms with van der Waals surface area (Å²) < 4.78 is 31.1. The minimum absolute atomic E-state index is 0.157. The van der Waals surface area contributed by atoms with Gasteiger partial charge < -0.3 is 4.74 Å². The molecule has 0 atom stereocenters. The van der Waals surface area contributed by atoms with Crippen molar-refractivity contribution in [2.24, 2.45) is 0 Å². The number of sulfonamides is 1. The molecule has 2 aromatic rings. The first-order valence-corrected chi connectivity index (χ1v) is 8.70. The summed E-state index contributed by atoms with van der Waals surface area (Å²) in [6.45, 7) is 1.88. The van der Waals surface area contributed by atoms with Crippen LogP contribution in [0, 0.1) is 6.92 Å². The van der Waals surface area contributed by atoms with Crippen molar-refractivity contribution in [3.05, 3.63) is 71.9 Å². The van der Waals surface area contributed by atoms with Crippen LogP contribution in [0.5, 0.6) is 0 Å². The van der Waals surface area contributed by atoms with Gasteiger partial charge in [-0.3, -0.25) is 4.31 Å². The second kappa shape index (κ2) is 7.31. The molecule has 0 unspecified atom stereocenters. The van der Waals surface area contributed by atoms with Crippen molar-refractivity contribution in [3.8, 4) is 0 Å². The van der Waals surface area contributed by atoms with Gasteiger partial charge in [-0.15, -0.1) is 0 Å². The maximum absolute atomic E-state index is 12.7. The van der Waals surface area contributed by atoms with Crippen LogP contribution in [0.25, 0.3) is 5.57 Å². The van der Waals surface area contributed by atoms with Gasteiger partial charge in [-0.25, -0.2) is 13.2 Å². The zero-order valence-corrected chi connectivity index (χ0v) is 14.6. The molecule has 6 heteroatoms. The minimum Gasteiger partial charge on any atom is -0.465 e. The van der Waals surface area contributed by atoms with Crippen molar-refractivity contribution < 1.29 is 17.9 Å². The van der Waals surface area contributed by atoms with E-state index in [-0.39, 0.29) is 10.5 Å². The molecular formula is C18H19NO4S. The third-order valence-corrected chi connectivity index (χ3v) is 5.23. The fourth-order valence-electron chi connectivity index (χ4n) is 2.10. The smallest absolute Gasteiger partial charge is 0.339 e. The number of nitrogens with zero attached hydrogens (tertiary/aromatic N) is 1. The number of esters is 1. The maximum Gasteiger partial charge on any atom is 0.339 e. The van der Waals surface area contributed by atoms with E-state index in [9.17, 15) is 13.2 Å². The Morgan fingerprint density at radius 3 is 2.17 bits per heavy atom. The molecule has 0 fully saturated rings. The van der Waals surface area contributed by atoms with Gasteiger partial charge in [-0.05, 0) is 24.6 Å². The van der Waals surface area contributed by atoms with E-state index < -0.39 is 16.0 Å². The van der Waals surface area contributed by atoms with Crippen molar-refractivity contribution in [1.29, 1.82) is 0 Å². The van der Waals surface area contributed by atoms with Crippen LogP contribution >= 0.6 is 0 Å². The van der Waals surface area contributed by atoms with Gasteiger partial charge in [0, 0.05) is 13.2 Å². The Labute approximate surface area is 142 Å². The van der Waals surface area contributed by atoms with E-state index in [1.807, 2.05) is 13.0 Å². The average Bonchev–Trinajstić information content (AvgIpc) is 2.59. The van der Waals surface area contributed by atoms with Gasteiger partial charge in [-0.2, -0.15) is 0 Å². The van der Waals surface area contributed by atoms with Crippen molar-refractivity contribution in [3.63, 3.8) is 0 Å². The Kier molecular flexibility index (Phi) is 5.41. The zero-order valence-electron chi connectivity index (χ0n) is 13.8. The van der Waals surface area contributed by atoms with Gasteiger partial charge in [0.05, 0.1) is 17.6 Å². The topological polar surface area (TPSA) is 63.7 Å². The number of hydrogen-bond acceptors (Lipinski definition) is 4. The van der Waals surface area contributed by atoms with Crippen LogP contribution in [0.3, 0.4) is 0 Å². The number of hydrogen-bond donors (Lipinski definition) is 0. The molecule has 0 bridgehead atoms. The van der Waals surface area contributed by atoms with Gasteiger partial charge in [0.15, 0.2) is 0 Å². The molecule has 2 rings (SSSR count). The molecule has 2 aromatic carbocycles. The van der Waals surface area contributed by atoms with E-state index in [1.54, 1.807) is 36.4 Å². The van der Waals surface area contributed by atoms with E-state index in [0.29, 0.717) is 5.56 Å². The van der Waals surface area contributed by atoms with E-state index in [2.05, 4.69) is 0 Å². The molecule has 0 aromatic heterocycles. The predicted octanol–water partition coefficient (Wildman–Crippen LogP) is 2.83. The molecule has 0 aliphatic rings. The quantitative estimate of drug-likeness (QED) is 0.617. The summed E-state index contributed by atoms with van der Waals surface area (Å²) in [4.78, 5) is 12.2. The van der Waals surface area contributed by atoms with Gasteiger partial charge >= 0.3 is 5.97 Å². The lowest BCUT2D eigenvalue weighted by Crippen LogP contribution is -2.23. The van der Waals surface area contributed by atoms with Crippen LogP contribution in [0.2, 0.25) is 0 Å². The molecule has 0 spiro atoms. The fraction of sp³-hybridized carbons (Fsp3) is 0.167. The Bertz CT molecular complexity index is 840. The zero-order chi connectivity index (χ0) is 17.7. The normalized spacial score (nSPS) is 11.9. The molecule has 0 aliphatic carbocycles. The Balaban J connectivity index is 2.45. The van der Waals surface area contributed by atoms with Gasteiger partial charge in [0.1, 0.15) is 0 Å². The van der Waals surface area contributed by atoms with Crippen LogP contribution in [0.1, 0.15) is 11.1 Å². The lowest BCUT2D eigenvalue weighted by Gasteiger charge is -2.17. The van der Waals surface area contributed by atoms with Gasteiger partial charge in [0.2, 0.25) is 0 Å². The molecule has 0 amide bonds. The van der Waals surface area contributed by atoms with Crippen LogP contribution in [-0.2, 0) is 19.6 Å². The molecule has 0 aliphatic heterocycles. The van der Waals surface area contributed by atoms with Crippen LogP contribution in [-0.4, -0.2) is 32.8 Å². The number of carbonyl (C=O) groups is 1. The molecule has 5 nitrogen and oxygen atoms in total. The summed E-state index contributed by atoms with van der Waals surface area (Å²) in [5, 5.41) is 0. The third kappa shape index (κ3) is 3.83. The Morgan fingerprint density at radius 1 is 1.04 bits per heavy atom. The first-order chi connectivity index (χ1) is 11.4. The predicted molar refractivity (Wildman–Crippen MR) is 92.6 cm³/mol. The highest BCUT2D eigenvalue weighted by Gasteiger charge is 2.21. The first kappa shape index (κ1) is 17.7. The van der Waals surface area contributed by atoms with Crippen LogP contribution in [0.4, 0.5) is 0 Å². The largest absolute Gasteiger partial charge is 0.465 e. The molecule has 24 heavy (non-hydrogen) atoms. The Morgan fingerprint density at radius 2 is 1.62 bits per heavy atom. The van der Waals surface area contributed by atoms with Crippen LogP contribution < -0.4 is 0 Å². The van der Waals surface area contributed by atoms with Crippen molar-refractivity contribution in [2.45, 2.75) is 11.8 Å². The lowest BCUT2D eigenvalue weighted by molar-refractivity contribution is -0.133.